The van der Waals surface area contributed by atoms with Crippen molar-refractivity contribution in [2.75, 3.05) is 19.6 Å². The molecule has 1 aromatic rings. The van der Waals surface area contributed by atoms with Gasteiger partial charge in [-0.3, -0.25) is 14.5 Å². The number of aliphatic carboxylic acids is 1. The highest BCUT2D eigenvalue weighted by molar-refractivity contribution is 5.92. The van der Waals surface area contributed by atoms with Crippen LogP contribution in [0.25, 0.3) is 0 Å². The summed E-state index contributed by atoms with van der Waals surface area (Å²) in [6, 6.07) is 7.02. The fraction of sp³-hybridized carbons (Fsp3) is 0.615. The van der Waals surface area contributed by atoms with E-state index in [4.69, 9.17) is 4.74 Å². The number of carbonyl (C=O) groups excluding carboxylic acids is 3. The van der Waals surface area contributed by atoms with E-state index in [1.807, 2.05) is 30.3 Å². The Bertz CT molecular complexity index is 965. The number of nitrogens with zero attached hydrogens (tertiary/aromatic N) is 2. The summed E-state index contributed by atoms with van der Waals surface area (Å²) in [4.78, 5) is 54.3. The predicted octanol–water partition coefficient (Wildman–Crippen LogP) is 1.90. The molecule has 198 valence electrons. The number of hydrogen-bond acceptors (Lipinski definition) is 6. The quantitative estimate of drug-likeness (QED) is 0.539. The number of piperidine rings is 1. The second-order valence-corrected chi connectivity index (χ2v) is 10.6. The molecular formula is C26H37N3O7. The van der Waals surface area contributed by atoms with Gasteiger partial charge < -0.3 is 25.2 Å². The highest BCUT2D eigenvalue weighted by Gasteiger charge is 2.47. The maximum Gasteiger partial charge on any atom is 0.410 e. The molecule has 2 aliphatic heterocycles. The summed E-state index contributed by atoms with van der Waals surface area (Å²) in [5.41, 5.74) is -0.997. The Labute approximate surface area is 211 Å². The lowest BCUT2D eigenvalue weighted by Gasteiger charge is -2.42. The van der Waals surface area contributed by atoms with Gasteiger partial charge in [-0.05, 0) is 58.9 Å². The van der Waals surface area contributed by atoms with Crippen LogP contribution in [0.2, 0.25) is 0 Å². The lowest BCUT2D eigenvalue weighted by atomic mass is 9.71. The molecule has 10 nitrogen and oxygen atoms in total. The van der Waals surface area contributed by atoms with Gasteiger partial charge in [-0.2, -0.15) is 0 Å². The molecule has 0 aromatic heterocycles. The number of carboxylic acids is 1. The predicted molar refractivity (Wildman–Crippen MR) is 131 cm³/mol. The van der Waals surface area contributed by atoms with Gasteiger partial charge in [0.05, 0.1) is 11.5 Å². The summed E-state index contributed by atoms with van der Waals surface area (Å²) in [5, 5.41) is 21.8. The summed E-state index contributed by atoms with van der Waals surface area (Å²) in [6.45, 7) is 7.65. The largest absolute Gasteiger partial charge is 0.480 e. The molecule has 0 spiro atoms. The van der Waals surface area contributed by atoms with E-state index in [2.05, 4.69) is 5.32 Å². The third kappa shape index (κ3) is 5.98. The Morgan fingerprint density at radius 1 is 1.08 bits per heavy atom. The van der Waals surface area contributed by atoms with Gasteiger partial charge in [-0.25, -0.2) is 9.59 Å². The Morgan fingerprint density at radius 2 is 1.69 bits per heavy atom. The molecule has 36 heavy (non-hydrogen) atoms. The molecule has 10 heteroatoms. The first-order valence-electron chi connectivity index (χ1n) is 12.4. The SMILES string of the molecule is C[C@@H](O)[C@@H](NC(=O)C1(c2ccccc2)CCN(C(=O)[C@@H]2CCCN2C(=O)OC(C)(C)C)CC1)C(=O)O. The lowest BCUT2D eigenvalue weighted by Crippen LogP contribution is -2.59. The van der Waals surface area contributed by atoms with Crippen molar-refractivity contribution < 1.29 is 34.1 Å². The molecule has 0 saturated carbocycles. The first-order chi connectivity index (χ1) is 16.9. The van der Waals surface area contributed by atoms with E-state index in [0.29, 0.717) is 19.4 Å². The van der Waals surface area contributed by atoms with Crippen LogP contribution in [0, 0.1) is 0 Å². The minimum Gasteiger partial charge on any atom is -0.480 e. The number of aliphatic hydroxyl groups is 1. The van der Waals surface area contributed by atoms with Gasteiger partial charge in [0.1, 0.15) is 11.6 Å². The standard InChI is InChI=1S/C26H37N3O7/c1-17(30)20(22(32)33)27-23(34)26(18-9-6-5-7-10-18)12-15-28(16-13-26)21(31)19-11-8-14-29(19)24(35)36-25(2,3)4/h5-7,9-10,17,19-20,30H,8,11-16H2,1-4H3,(H,27,34)(H,32,33)/t17-,19+,20-/m1/s1. The lowest BCUT2D eigenvalue weighted by molar-refractivity contribution is -0.146. The Balaban J connectivity index is 1.77. The molecule has 0 bridgehead atoms. The van der Waals surface area contributed by atoms with Crippen LogP contribution in [0.15, 0.2) is 30.3 Å². The fourth-order valence-electron chi connectivity index (χ4n) is 4.95. The number of amides is 3. The zero-order valence-electron chi connectivity index (χ0n) is 21.4. The maximum atomic E-state index is 13.5. The van der Waals surface area contributed by atoms with E-state index in [0.717, 1.165) is 5.56 Å². The van der Waals surface area contributed by atoms with Crippen molar-refractivity contribution in [3.05, 3.63) is 35.9 Å². The highest BCUT2D eigenvalue weighted by Crippen LogP contribution is 2.37. The van der Waals surface area contributed by atoms with E-state index >= 15 is 0 Å². The van der Waals surface area contributed by atoms with Crippen molar-refractivity contribution in [2.45, 2.75) is 82.6 Å². The number of rotatable bonds is 6. The van der Waals surface area contributed by atoms with Crippen LogP contribution in [0.3, 0.4) is 0 Å². The number of hydrogen-bond donors (Lipinski definition) is 3. The van der Waals surface area contributed by atoms with Crippen LogP contribution in [-0.2, 0) is 24.5 Å². The molecule has 0 unspecified atom stereocenters. The number of carboxylic acid groups (broad SMARTS) is 1. The Kier molecular flexibility index (Phi) is 8.28. The van der Waals surface area contributed by atoms with Gasteiger partial charge in [-0.1, -0.05) is 30.3 Å². The second kappa shape index (κ2) is 10.9. The topological polar surface area (TPSA) is 136 Å². The second-order valence-electron chi connectivity index (χ2n) is 10.6. The smallest absolute Gasteiger partial charge is 0.410 e. The summed E-state index contributed by atoms with van der Waals surface area (Å²) in [6.07, 6.45) is 0.0247. The number of aliphatic hydroxyl groups excluding tert-OH is 1. The third-order valence-electron chi connectivity index (χ3n) is 6.89. The summed E-state index contributed by atoms with van der Waals surface area (Å²) >= 11 is 0. The first-order valence-corrected chi connectivity index (χ1v) is 12.4. The number of ether oxygens (including phenoxy) is 1. The van der Waals surface area contributed by atoms with Crippen molar-refractivity contribution in [1.82, 2.24) is 15.1 Å². The molecule has 1 aromatic carbocycles. The first kappa shape index (κ1) is 27.4. The number of nitrogens with one attached hydrogen (secondary N) is 1. The van der Waals surface area contributed by atoms with E-state index in [9.17, 15) is 29.4 Å². The van der Waals surface area contributed by atoms with Crippen molar-refractivity contribution in [2.24, 2.45) is 0 Å². The monoisotopic (exact) mass is 503 g/mol. The molecule has 2 fully saturated rings. The average molecular weight is 504 g/mol. The average Bonchev–Trinajstić information content (AvgIpc) is 3.31. The Morgan fingerprint density at radius 3 is 2.22 bits per heavy atom. The highest BCUT2D eigenvalue weighted by atomic mass is 16.6. The van der Waals surface area contributed by atoms with E-state index in [1.54, 1.807) is 25.7 Å². The normalized spacial score (nSPS) is 21.4. The summed E-state index contributed by atoms with van der Waals surface area (Å²) < 4.78 is 5.48. The molecule has 0 aliphatic carbocycles. The molecule has 2 aliphatic rings. The molecule has 3 rings (SSSR count). The number of likely N-dealkylation sites (tertiary alicyclic amines) is 2. The molecule has 2 heterocycles. The van der Waals surface area contributed by atoms with Crippen LogP contribution in [0.4, 0.5) is 4.79 Å². The van der Waals surface area contributed by atoms with E-state index < -0.39 is 47.2 Å². The minimum atomic E-state index is -1.45. The van der Waals surface area contributed by atoms with Crippen LogP contribution >= 0.6 is 0 Å². The van der Waals surface area contributed by atoms with Gasteiger partial charge in [0, 0.05) is 19.6 Å². The van der Waals surface area contributed by atoms with Crippen LogP contribution in [0.1, 0.15) is 58.9 Å². The van der Waals surface area contributed by atoms with Gasteiger partial charge in [0.15, 0.2) is 6.04 Å². The van der Waals surface area contributed by atoms with Crippen LogP contribution < -0.4 is 5.32 Å². The molecule has 3 atom stereocenters. The number of benzene rings is 1. The van der Waals surface area contributed by atoms with E-state index in [-0.39, 0.29) is 31.8 Å². The summed E-state index contributed by atoms with van der Waals surface area (Å²) in [7, 11) is 0. The molecule has 0 radical (unpaired) electrons. The minimum absolute atomic E-state index is 0.173. The third-order valence-corrected chi connectivity index (χ3v) is 6.89. The van der Waals surface area contributed by atoms with Gasteiger partial charge in [-0.15, -0.1) is 0 Å². The number of carbonyl (C=O) groups is 4. The summed E-state index contributed by atoms with van der Waals surface area (Å²) in [5.74, 6) is -1.99. The van der Waals surface area contributed by atoms with E-state index in [1.165, 1.54) is 11.8 Å². The molecular weight excluding hydrogens is 466 g/mol. The van der Waals surface area contributed by atoms with Crippen LogP contribution in [0.5, 0.6) is 0 Å². The Hall–Kier alpha value is -3.14. The van der Waals surface area contributed by atoms with Gasteiger partial charge in [0.25, 0.3) is 0 Å². The van der Waals surface area contributed by atoms with Crippen molar-refractivity contribution >= 4 is 23.9 Å². The molecule has 3 amide bonds. The zero-order chi connectivity index (χ0) is 26.7. The maximum absolute atomic E-state index is 13.5. The van der Waals surface area contributed by atoms with Gasteiger partial charge >= 0.3 is 12.1 Å². The van der Waals surface area contributed by atoms with Crippen LogP contribution in [-0.4, -0.2) is 87.3 Å². The molecule has 2 saturated heterocycles. The van der Waals surface area contributed by atoms with Gasteiger partial charge in [0.2, 0.25) is 11.8 Å². The molecule has 3 N–H and O–H groups in total. The zero-order valence-corrected chi connectivity index (χ0v) is 21.4. The van der Waals surface area contributed by atoms with Crippen molar-refractivity contribution in [3.63, 3.8) is 0 Å². The van der Waals surface area contributed by atoms with Crippen molar-refractivity contribution in [3.8, 4) is 0 Å². The fourth-order valence-corrected chi connectivity index (χ4v) is 4.95. The van der Waals surface area contributed by atoms with Crippen molar-refractivity contribution in [1.29, 1.82) is 0 Å².